The molecule has 0 bridgehead atoms. The summed E-state index contributed by atoms with van der Waals surface area (Å²) in [5.41, 5.74) is 4.98. The van der Waals surface area contributed by atoms with Gasteiger partial charge in [-0.15, -0.1) is 0 Å². The van der Waals surface area contributed by atoms with E-state index in [-0.39, 0.29) is 12.1 Å². The van der Waals surface area contributed by atoms with Crippen LogP contribution in [0, 0.1) is 0 Å². The summed E-state index contributed by atoms with van der Waals surface area (Å²) in [5, 5.41) is 0. The van der Waals surface area contributed by atoms with E-state index in [1.54, 1.807) is 0 Å². The maximum Gasteiger partial charge on any atom is 0.343 e. The van der Waals surface area contributed by atoms with Crippen LogP contribution in [0.3, 0.4) is 0 Å². The fourth-order valence-corrected chi connectivity index (χ4v) is 3.58. The van der Waals surface area contributed by atoms with E-state index < -0.39 is 0 Å². The zero-order chi connectivity index (χ0) is 22.8. The van der Waals surface area contributed by atoms with Crippen molar-refractivity contribution in [2.75, 3.05) is 6.61 Å². The normalized spacial score (nSPS) is 11.8. The van der Waals surface area contributed by atoms with Crippen molar-refractivity contribution in [3.8, 4) is 16.9 Å². The minimum absolute atomic E-state index is 0.0907. The van der Waals surface area contributed by atoms with Crippen LogP contribution in [0.5, 0.6) is 5.75 Å². The lowest BCUT2D eigenvalue weighted by Crippen LogP contribution is -2.09. The molecule has 0 N–H and O–H groups in total. The molecular weight excluding hydrogens is 396 g/mol. The lowest BCUT2D eigenvalue weighted by Gasteiger charge is -2.14. The van der Waals surface area contributed by atoms with Crippen molar-refractivity contribution in [1.29, 1.82) is 0 Å². The Morgan fingerprint density at radius 3 is 2.09 bits per heavy atom. The van der Waals surface area contributed by atoms with E-state index in [9.17, 15) is 4.79 Å². The Bertz CT molecular complexity index is 974. The molecule has 32 heavy (non-hydrogen) atoms. The number of benzene rings is 3. The molecule has 1 unspecified atom stereocenters. The van der Waals surface area contributed by atoms with Gasteiger partial charge in [-0.05, 0) is 66.6 Å². The van der Waals surface area contributed by atoms with Gasteiger partial charge in [-0.3, -0.25) is 0 Å². The Balaban J connectivity index is 1.64. The van der Waals surface area contributed by atoms with Gasteiger partial charge in [-0.2, -0.15) is 0 Å². The molecule has 0 spiro atoms. The number of para-hydroxylation sites is 1. The summed E-state index contributed by atoms with van der Waals surface area (Å²) in [6, 6.07) is 23.8. The summed E-state index contributed by atoms with van der Waals surface area (Å²) >= 11 is 0. The van der Waals surface area contributed by atoms with Gasteiger partial charge in [0.05, 0.1) is 11.7 Å². The van der Waals surface area contributed by atoms with Gasteiger partial charge in [-0.25, -0.2) is 4.79 Å². The molecule has 3 rings (SSSR count). The third-order valence-corrected chi connectivity index (χ3v) is 5.67. The molecule has 0 aliphatic rings. The summed E-state index contributed by atoms with van der Waals surface area (Å²) < 4.78 is 11.6. The van der Waals surface area contributed by atoms with E-state index in [2.05, 4.69) is 45.0 Å². The Morgan fingerprint density at radius 1 is 0.812 bits per heavy atom. The van der Waals surface area contributed by atoms with E-state index in [0.717, 1.165) is 55.4 Å². The molecule has 168 valence electrons. The van der Waals surface area contributed by atoms with Crippen LogP contribution in [-0.2, 0) is 11.2 Å². The molecule has 0 aromatic heterocycles. The van der Waals surface area contributed by atoms with Crippen LogP contribution in [0.15, 0.2) is 72.8 Å². The number of aryl methyl sites for hydroxylation is 1. The number of hydrogen-bond acceptors (Lipinski definition) is 3. The van der Waals surface area contributed by atoms with Crippen molar-refractivity contribution < 1.29 is 14.3 Å². The minimum atomic E-state index is -0.325. The van der Waals surface area contributed by atoms with E-state index >= 15 is 0 Å². The molecule has 0 aliphatic heterocycles. The lowest BCUT2D eigenvalue weighted by molar-refractivity contribution is 0.0637. The Hall–Kier alpha value is -2.91. The largest absolute Gasteiger partial charge is 0.423 e. The highest BCUT2D eigenvalue weighted by molar-refractivity contribution is 5.91. The number of rotatable bonds is 11. The van der Waals surface area contributed by atoms with Gasteiger partial charge in [0, 0.05) is 6.61 Å². The van der Waals surface area contributed by atoms with Crippen molar-refractivity contribution in [2.45, 2.75) is 59.0 Å². The van der Waals surface area contributed by atoms with Crippen LogP contribution in [0.1, 0.15) is 74.0 Å². The lowest BCUT2D eigenvalue weighted by atomic mass is 10.0. The van der Waals surface area contributed by atoms with Crippen molar-refractivity contribution in [2.24, 2.45) is 0 Å². The topological polar surface area (TPSA) is 35.5 Å². The van der Waals surface area contributed by atoms with Gasteiger partial charge >= 0.3 is 5.97 Å². The highest BCUT2D eigenvalue weighted by Gasteiger charge is 2.12. The second-order valence-electron chi connectivity index (χ2n) is 8.17. The third-order valence-electron chi connectivity index (χ3n) is 5.67. The first-order valence-corrected chi connectivity index (χ1v) is 11.7. The van der Waals surface area contributed by atoms with Gasteiger partial charge in [-0.1, -0.05) is 81.3 Å². The van der Waals surface area contributed by atoms with Gasteiger partial charge in [0.25, 0.3) is 0 Å². The quantitative estimate of drug-likeness (QED) is 0.177. The standard InChI is InChI=1S/C29H34O3/c1-4-6-10-26-11-8-9-12-28(26)32-29(30)27-19-17-25(18-20-27)24-15-13-23(14-16-24)22(3)31-21-7-5-2/h8-9,11-20,22H,4-7,10,21H2,1-3H3. The molecule has 3 aromatic rings. The maximum atomic E-state index is 12.7. The van der Waals surface area contributed by atoms with E-state index in [1.165, 1.54) is 5.56 Å². The summed E-state index contributed by atoms with van der Waals surface area (Å²) in [6.45, 7) is 7.21. The number of esters is 1. The second-order valence-corrected chi connectivity index (χ2v) is 8.17. The summed E-state index contributed by atoms with van der Waals surface area (Å²) in [7, 11) is 0. The van der Waals surface area contributed by atoms with Crippen molar-refractivity contribution in [1.82, 2.24) is 0 Å². The van der Waals surface area contributed by atoms with E-state index in [1.807, 2.05) is 48.5 Å². The molecule has 0 saturated carbocycles. The molecule has 3 aromatic carbocycles. The number of ether oxygens (including phenoxy) is 2. The average molecular weight is 431 g/mol. The Morgan fingerprint density at radius 2 is 1.44 bits per heavy atom. The van der Waals surface area contributed by atoms with Crippen LogP contribution < -0.4 is 4.74 Å². The zero-order valence-corrected chi connectivity index (χ0v) is 19.5. The first-order chi connectivity index (χ1) is 15.6. The number of carbonyl (C=O) groups excluding carboxylic acids is 1. The van der Waals surface area contributed by atoms with Crippen molar-refractivity contribution in [3.05, 3.63) is 89.5 Å². The Kier molecular flexibility index (Phi) is 9.06. The number of hydrogen-bond donors (Lipinski definition) is 0. The van der Waals surface area contributed by atoms with Gasteiger partial charge in [0.1, 0.15) is 5.75 Å². The highest BCUT2D eigenvalue weighted by atomic mass is 16.5. The van der Waals surface area contributed by atoms with Crippen LogP contribution in [0.2, 0.25) is 0 Å². The van der Waals surface area contributed by atoms with Crippen LogP contribution in [0.25, 0.3) is 11.1 Å². The first-order valence-electron chi connectivity index (χ1n) is 11.7. The van der Waals surface area contributed by atoms with Gasteiger partial charge < -0.3 is 9.47 Å². The minimum Gasteiger partial charge on any atom is -0.423 e. The average Bonchev–Trinajstić information content (AvgIpc) is 2.84. The number of carbonyl (C=O) groups is 1. The molecule has 3 heteroatoms. The second kappa shape index (κ2) is 12.2. The fourth-order valence-electron chi connectivity index (χ4n) is 3.58. The van der Waals surface area contributed by atoms with Crippen LogP contribution in [0.4, 0.5) is 0 Å². The van der Waals surface area contributed by atoms with Crippen LogP contribution >= 0.6 is 0 Å². The van der Waals surface area contributed by atoms with Gasteiger partial charge in [0.2, 0.25) is 0 Å². The van der Waals surface area contributed by atoms with Gasteiger partial charge in [0.15, 0.2) is 0 Å². The smallest absolute Gasteiger partial charge is 0.343 e. The SMILES string of the molecule is CCCCOC(C)c1ccc(-c2ccc(C(=O)Oc3ccccc3CCCC)cc2)cc1. The molecule has 1 atom stereocenters. The van der Waals surface area contributed by atoms with Crippen LogP contribution in [-0.4, -0.2) is 12.6 Å². The molecule has 0 heterocycles. The molecule has 0 radical (unpaired) electrons. The predicted molar refractivity (Wildman–Crippen MR) is 131 cm³/mol. The highest BCUT2D eigenvalue weighted by Crippen LogP contribution is 2.25. The molecule has 0 fully saturated rings. The Labute approximate surface area is 192 Å². The first kappa shape index (κ1) is 23.7. The summed E-state index contributed by atoms with van der Waals surface area (Å²) in [4.78, 5) is 12.7. The van der Waals surface area contributed by atoms with Crippen molar-refractivity contribution in [3.63, 3.8) is 0 Å². The molecule has 0 saturated heterocycles. The number of unbranched alkanes of at least 4 members (excludes halogenated alkanes) is 2. The molecule has 3 nitrogen and oxygen atoms in total. The monoisotopic (exact) mass is 430 g/mol. The van der Waals surface area contributed by atoms with E-state index in [4.69, 9.17) is 9.47 Å². The van der Waals surface area contributed by atoms with E-state index in [0.29, 0.717) is 11.3 Å². The fraction of sp³-hybridized carbons (Fsp3) is 0.345. The molecular formula is C29H34O3. The molecule has 0 aliphatic carbocycles. The summed E-state index contributed by atoms with van der Waals surface area (Å²) in [6.07, 6.45) is 5.41. The summed E-state index contributed by atoms with van der Waals surface area (Å²) in [5.74, 6) is 0.329. The third kappa shape index (κ3) is 6.54. The zero-order valence-electron chi connectivity index (χ0n) is 19.5. The maximum absolute atomic E-state index is 12.7. The molecule has 0 amide bonds. The predicted octanol–water partition coefficient (Wildman–Crippen LogP) is 7.79. The van der Waals surface area contributed by atoms with Crippen molar-refractivity contribution >= 4 is 5.97 Å².